The smallest absolute Gasteiger partial charge is 0.235 e. The van der Waals surface area contributed by atoms with Gasteiger partial charge in [-0.3, -0.25) is 9.69 Å². The number of hydrogen-bond donors (Lipinski definition) is 1. The van der Waals surface area contributed by atoms with Crippen molar-refractivity contribution in [3.05, 3.63) is 59.1 Å². The van der Waals surface area contributed by atoms with Gasteiger partial charge in [0.2, 0.25) is 5.91 Å². The molecule has 1 heterocycles. The number of nitrogens with one attached hydrogen (secondary N) is 1. The highest BCUT2D eigenvalue weighted by atomic mass is 35.5. The quantitative estimate of drug-likeness (QED) is 0.663. The zero-order chi connectivity index (χ0) is 21.5. The maximum Gasteiger partial charge on any atom is 0.235 e. The van der Waals surface area contributed by atoms with E-state index in [1.165, 1.54) is 0 Å². The summed E-state index contributed by atoms with van der Waals surface area (Å²) in [6, 6.07) is 15.4. The van der Waals surface area contributed by atoms with Gasteiger partial charge < -0.3 is 14.8 Å². The van der Waals surface area contributed by atoms with Crippen molar-refractivity contribution in [1.82, 2.24) is 4.90 Å². The third-order valence-electron chi connectivity index (χ3n) is 6.42. The first-order valence-electron chi connectivity index (χ1n) is 11.3. The SMILES string of the molecule is O=C(Nc1ccc(OCCN2CCOCC2)cc1)C1(c2ccccc2Cl)CCCCC1. The average molecular weight is 443 g/mol. The van der Waals surface area contributed by atoms with Gasteiger partial charge in [0, 0.05) is 30.3 Å². The zero-order valence-corrected chi connectivity index (χ0v) is 18.7. The number of benzene rings is 2. The number of anilines is 1. The van der Waals surface area contributed by atoms with Crippen LogP contribution >= 0.6 is 11.6 Å². The van der Waals surface area contributed by atoms with Gasteiger partial charge >= 0.3 is 0 Å². The average Bonchev–Trinajstić information content (AvgIpc) is 2.81. The Labute approximate surface area is 189 Å². The van der Waals surface area contributed by atoms with E-state index in [2.05, 4.69) is 10.2 Å². The van der Waals surface area contributed by atoms with Gasteiger partial charge in [0.25, 0.3) is 0 Å². The van der Waals surface area contributed by atoms with E-state index in [1.54, 1.807) is 0 Å². The van der Waals surface area contributed by atoms with Crippen molar-refractivity contribution in [2.45, 2.75) is 37.5 Å². The highest BCUT2D eigenvalue weighted by Crippen LogP contribution is 2.43. The predicted octanol–water partition coefficient (Wildman–Crippen LogP) is 4.89. The molecule has 1 aliphatic carbocycles. The number of carbonyl (C=O) groups is 1. The fraction of sp³-hybridized carbons (Fsp3) is 0.480. The predicted molar refractivity (Wildman–Crippen MR) is 124 cm³/mol. The molecule has 2 aromatic rings. The maximum absolute atomic E-state index is 13.5. The summed E-state index contributed by atoms with van der Waals surface area (Å²) in [5.74, 6) is 0.839. The number of rotatable bonds is 7. The lowest BCUT2D eigenvalue weighted by Crippen LogP contribution is -2.42. The maximum atomic E-state index is 13.5. The van der Waals surface area contributed by atoms with E-state index in [9.17, 15) is 4.79 Å². The summed E-state index contributed by atoms with van der Waals surface area (Å²) in [6.45, 7) is 5.04. The normalized spacial score (nSPS) is 19.0. The summed E-state index contributed by atoms with van der Waals surface area (Å²) in [7, 11) is 0. The number of halogens is 1. The second-order valence-corrected chi connectivity index (χ2v) is 8.81. The summed E-state index contributed by atoms with van der Waals surface area (Å²) >= 11 is 6.51. The molecule has 2 aliphatic rings. The molecule has 1 aliphatic heterocycles. The molecule has 166 valence electrons. The Kier molecular flexibility index (Phi) is 7.49. The number of hydrogen-bond acceptors (Lipinski definition) is 4. The van der Waals surface area contributed by atoms with Crippen LogP contribution in [0.3, 0.4) is 0 Å². The van der Waals surface area contributed by atoms with Crippen molar-refractivity contribution in [2.75, 3.05) is 44.8 Å². The lowest BCUT2D eigenvalue weighted by Gasteiger charge is -2.37. The van der Waals surface area contributed by atoms with Crippen LogP contribution in [0.25, 0.3) is 0 Å². The number of carbonyl (C=O) groups excluding carboxylic acids is 1. The highest BCUT2D eigenvalue weighted by molar-refractivity contribution is 6.31. The molecule has 5 nitrogen and oxygen atoms in total. The summed E-state index contributed by atoms with van der Waals surface area (Å²) < 4.78 is 11.2. The van der Waals surface area contributed by atoms with Crippen molar-refractivity contribution in [2.24, 2.45) is 0 Å². The first-order chi connectivity index (χ1) is 15.2. The minimum atomic E-state index is -0.566. The van der Waals surface area contributed by atoms with Crippen LogP contribution in [0.5, 0.6) is 5.75 Å². The van der Waals surface area contributed by atoms with Crippen LogP contribution in [0.4, 0.5) is 5.69 Å². The van der Waals surface area contributed by atoms with Crippen LogP contribution < -0.4 is 10.1 Å². The van der Waals surface area contributed by atoms with Crippen LogP contribution in [0.15, 0.2) is 48.5 Å². The first kappa shape index (κ1) is 22.1. The van der Waals surface area contributed by atoms with Crippen LogP contribution in [0.1, 0.15) is 37.7 Å². The Bertz CT molecular complexity index is 859. The van der Waals surface area contributed by atoms with E-state index in [1.807, 2.05) is 48.5 Å². The largest absolute Gasteiger partial charge is 0.492 e. The highest BCUT2D eigenvalue weighted by Gasteiger charge is 2.42. The number of ether oxygens (including phenoxy) is 2. The van der Waals surface area contributed by atoms with Gasteiger partial charge in [0.15, 0.2) is 0 Å². The molecular weight excluding hydrogens is 412 g/mol. The zero-order valence-electron chi connectivity index (χ0n) is 17.9. The topological polar surface area (TPSA) is 50.8 Å². The van der Waals surface area contributed by atoms with E-state index in [-0.39, 0.29) is 5.91 Å². The first-order valence-corrected chi connectivity index (χ1v) is 11.6. The number of nitrogens with zero attached hydrogens (tertiary/aromatic N) is 1. The summed E-state index contributed by atoms with van der Waals surface area (Å²) in [4.78, 5) is 15.8. The van der Waals surface area contributed by atoms with Crippen molar-refractivity contribution in [3.63, 3.8) is 0 Å². The second-order valence-electron chi connectivity index (χ2n) is 8.40. The van der Waals surface area contributed by atoms with Crippen LogP contribution in [-0.2, 0) is 14.9 Å². The van der Waals surface area contributed by atoms with Gasteiger partial charge in [-0.25, -0.2) is 0 Å². The molecule has 0 aromatic heterocycles. The monoisotopic (exact) mass is 442 g/mol. The minimum absolute atomic E-state index is 0.0290. The van der Waals surface area contributed by atoms with Crippen LogP contribution in [-0.4, -0.2) is 50.3 Å². The molecule has 0 bridgehead atoms. The lowest BCUT2D eigenvalue weighted by atomic mass is 9.68. The van der Waals surface area contributed by atoms with Gasteiger partial charge in [-0.2, -0.15) is 0 Å². The Balaban J connectivity index is 1.38. The molecule has 1 N–H and O–H groups in total. The fourth-order valence-corrected chi connectivity index (χ4v) is 4.94. The molecule has 0 unspecified atom stereocenters. The number of amides is 1. The van der Waals surface area contributed by atoms with Gasteiger partial charge in [-0.05, 0) is 48.7 Å². The van der Waals surface area contributed by atoms with Crippen LogP contribution in [0.2, 0.25) is 5.02 Å². The van der Waals surface area contributed by atoms with E-state index < -0.39 is 5.41 Å². The molecule has 31 heavy (non-hydrogen) atoms. The van der Waals surface area contributed by atoms with Gasteiger partial charge in [-0.1, -0.05) is 49.1 Å². The molecule has 0 spiro atoms. The standard InChI is InChI=1S/C25H31ClN2O3/c26-23-7-3-2-6-22(23)25(12-4-1-5-13-25)24(29)27-20-8-10-21(11-9-20)31-19-16-28-14-17-30-18-15-28/h2-3,6-11H,1,4-5,12-19H2,(H,27,29). The van der Waals surface area contributed by atoms with Gasteiger partial charge in [0.1, 0.15) is 12.4 Å². The summed E-state index contributed by atoms with van der Waals surface area (Å²) in [5, 5.41) is 3.81. The summed E-state index contributed by atoms with van der Waals surface area (Å²) in [6.07, 6.45) is 4.88. The Morgan fingerprint density at radius 1 is 1.03 bits per heavy atom. The second kappa shape index (κ2) is 10.5. The molecule has 1 saturated carbocycles. The molecular formula is C25H31ClN2O3. The molecule has 0 radical (unpaired) electrons. The molecule has 1 saturated heterocycles. The molecule has 2 fully saturated rings. The Morgan fingerprint density at radius 2 is 1.74 bits per heavy atom. The molecule has 1 amide bonds. The molecule has 2 aromatic carbocycles. The van der Waals surface area contributed by atoms with Crippen molar-refractivity contribution in [3.8, 4) is 5.75 Å². The van der Waals surface area contributed by atoms with Crippen molar-refractivity contribution in [1.29, 1.82) is 0 Å². The van der Waals surface area contributed by atoms with E-state index in [0.717, 1.165) is 82.0 Å². The van der Waals surface area contributed by atoms with Gasteiger partial charge in [-0.15, -0.1) is 0 Å². The van der Waals surface area contributed by atoms with Crippen molar-refractivity contribution >= 4 is 23.2 Å². The third-order valence-corrected chi connectivity index (χ3v) is 6.75. The summed E-state index contributed by atoms with van der Waals surface area (Å²) in [5.41, 5.74) is 1.16. The van der Waals surface area contributed by atoms with Crippen LogP contribution in [0, 0.1) is 0 Å². The van der Waals surface area contributed by atoms with E-state index in [4.69, 9.17) is 21.1 Å². The minimum Gasteiger partial charge on any atom is -0.492 e. The fourth-order valence-electron chi connectivity index (χ4n) is 4.63. The lowest BCUT2D eigenvalue weighted by molar-refractivity contribution is -0.122. The van der Waals surface area contributed by atoms with Gasteiger partial charge in [0.05, 0.1) is 18.6 Å². The number of morpholine rings is 1. The van der Waals surface area contributed by atoms with Crippen molar-refractivity contribution < 1.29 is 14.3 Å². The van der Waals surface area contributed by atoms with E-state index in [0.29, 0.717) is 11.6 Å². The van der Waals surface area contributed by atoms with E-state index >= 15 is 0 Å². The third kappa shape index (κ3) is 5.40. The molecule has 6 heteroatoms. The molecule has 4 rings (SSSR count). The molecule has 0 atom stereocenters. The Hall–Kier alpha value is -2.08. The Morgan fingerprint density at radius 3 is 2.45 bits per heavy atom.